The molecule has 0 aliphatic heterocycles. The maximum atomic E-state index is 12.5. The van der Waals surface area contributed by atoms with E-state index in [0.29, 0.717) is 16.5 Å². The molecule has 1 heterocycles. The van der Waals surface area contributed by atoms with Crippen molar-refractivity contribution in [2.75, 3.05) is 17.3 Å². The lowest BCUT2D eigenvalue weighted by Gasteiger charge is -2.18. The topological polar surface area (TPSA) is 58.1 Å². The Labute approximate surface area is 151 Å². The van der Waals surface area contributed by atoms with Crippen molar-refractivity contribution in [3.63, 3.8) is 0 Å². The van der Waals surface area contributed by atoms with Crippen LogP contribution in [0.3, 0.4) is 0 Å². The molecule has 1 aromatic heterocycles. The highest BCUT2D eigenvalue weighted by Gasteiger charge is 2.13. The second-order valence-corrected chi connectivity index (χ2v) is 6.01. The van der Waals surface area contributed by atoms with E-state index in [-0.39, 0.29) is 11.6 Å². The molecule has 0 spiro atoms. The van der Waals surface area contributed by atoms with Crippen molar-refractivity contribution in [3.8, 4) is 0 Å². The van der Waals surface area contributed by atoms with Crippen molar-refractivity contribution in [2.45, 2.75) is 6.92 Å². The van der Waals surface area contributed by atoms with Gasteiger partial charge in [-0.15, -0.1) is 0 Å². The van der Waals surface area contributed by atoms with Gasteiger partial charge in [0.25, 0.3) is 5.91 Å². The summed E-state index contributed by atoms with van der Waals surface area (Å²) in [6.45, 7) is 1.90. The predicted octanol–water partition coefficient (Wildman–Crippen LogP) is 4.46. The number of aryl methyl sites for hydroxylation is 1. The summed E-state index contributed by atoms with van der Waals surface area (Å²) < 4.78 is 0. The number of para-hydroxylation sites is 1. The highest BCUT2D eigenvalue weighted by Crippen LogP contribution is 2.23. The molecule has 25 heavy (non-hydrogen) atoms. The maximum Gasteiger partial charge on any atom is 0.274 e. The van der Waals surface area contributed by atoms with Crippen LogP contribution >= 0.6 is 11.6 Å². The van der Waals surface area contributed by atoms with Crippen molar-refractivity contribution in [3.05, 3.63) is 77.2 Å². The molecule has 0 atom stereocenters. The van der Waals surface area contributed by atoms with E-state index in [1.54, 1.807) is 18.2 Å². The molecule has 5 nitrogen and oxygen atoms in total. The fourth-order valence-corrected chi connectivity index (χ4v) is 2.53. The molecule has 6 heteroatoms. The predicted molar refractivity (Wildman–Crippen MR) is 101 cm³/mol. The van der Waals surface area contributed by atoms with E-state index in [0.717, 1.165) is 11.3 Å². The van der Waals surface area contributed by atoms with E-state index in [4.69, 9.17) is 11.6 Å². The minimum absolute atomic E-state index is 0.284. The maximum absolute atomic E-state index is 12.5. The molecule has 0 unspecified atom stereocenters. The third kappa shape index (κ3) is 3.95. The third-order valence-electron chi connectivity index (χ3n) is 3.82. The number of benzene rings is 2. The van der Waals surface area contributed by atoms with Crippen LogP contribution in [0, 0.1) is 6.92 Å². The number of halogens is 1. The van der Waals surface area contributed by atoms with Gasteiger partial charge in [-0.3, -0.25) is 4.79 Å². The summed E-state index contributed by atoms with van der Waals surface area (Å²) in [7, 11) is 1.89. The van der Waals surface area contributed by atoms with Crippen molar-refractivity contribution in [1.29, 1.82) is 0 Å². The number of aromatic nitrogens is 2. The number of nitrogens with zero attached hydrogens (tertiary/aromatic N) is 3. The van der Waals surface area contributed by atoms with E-state index in [9.17, 15) is 4.79 Å². The van der Waals surface area contributed by atoms with E-state index in [2.05, 4.69) is 15.3 Å². The lowest BCUT2D eigenvalue weighted by molar-refractivity contribution is 0.102. The molecule has 1 amide bonds. The SMILES string of the molecule is Cc1ccc(Cl)cc1NC(=O)c1cc(N(C)c2ccccc2)ncn1. The Bertz CT molecular complexity index is 899. The second kappa shape index (κ2) is 7.32. The minimum Gasteiger partial charge on any atom is -0.329 e. The van der Waals surface area contributed by atoms with Gasteiger partial charge in [0, 0.05) is 29.5 Å². The van der Waals surface area contributed by atoms with Crippen LogP contribution in [-0.4, -0.2) is 22.9 Å². The monoisotopic (exact) mass is 352 g/mol. The quantitative estimate of drug-likeness (QED) is 0.753. The Kier molecular flexibility index (Phi) is 4.95. The molecule has 3 rings (SSSR count). The number of carbonyl (C=O) groups excluding carboxylic acids is 1. The number of nitrogens with one attached hydrogen (secondary N) is 1. The Morgan fingerprint density at radius 1 is 1.08 bits per heavy atom. The minimum atomic E-state index is -0.310. The van der Waals surface area contributed by atoms with Gasteiger partial charge in [0.15, 0.2) is 0 Å². The normalized spacial score (nSPS) is 10.4. The lowest BCUT2D eigenvalue weighted by Crippen LogP contribution is -2.17. The van der Waals surface area contributed by atoms with Crippen LogP contribution < -0.4 is 10.2 Å². The first-order valence-electron chi connectivity index (χ1n) is 7.73. The first kappa shape index (κ1) is 16.9. The van der Waals surface area contributed by atoms with Crippen molar-refractivity contribution < 1.29 is 4.79 Å². The summed E-state index contributed by atoms with van der Waals surface area (Å²) >= 11 is 6.00. The lowest BCUT2D eigenvalue weighted by atomic mass is 10.2. The number of anilines is 3. The zero-order valence-corrected chi connectivity index (χ0v) is 14.7. The van der Waals surface area contributed by atoms with Crippen LogP contribution in [0.2, 0.25) is 5.02 Å². The van der Waals surface area contributed by atoms with Crippen molar-refractivity contribution >= 4 is 34.7 Å². The van der Waals surface area contributed by atoms with Gasteiger partial charge >= 0.3 is 0 Å². The third-order valence-corrected chi connectivity index (χ3v) is 4.06. The fourth-order valence-electron chi connectivity index (χ4n) is 2.35. The number of amides is 1. The first-order valence-corrected chi connectivity index (χ1v) is 8.11. The van der Waals surface area contributed by atoms with Gasteiger partial charge < -0.3 is 10.2 Å². The highest BCUT2D eigenvalue weighted by atomic mass is 35.5. The average molecular weight is 353 g/mol. The van der Waals surface area contributed by atoms with Gasteiger partial charge in [0.05, 0.1) is 0 Å². The smallest absolute Gasteiger partial charge is 0.274 e. The van der Waals surface area contributed by atoms with Crippen LogP contribution in [-0.2, 0) is 0 Å². The van der Waals surface area contributed by atoms with Crippen LogP contribution in [0.25, 0.3) is 0 Å². The molecule has 0 bridgehead atoms. The Morgan fingerprint density at radius 2 is 1.84 bits per heavy atom. The first-order chi connectivity index (χ1) is 12.0. The number of rotatable bonds is 4. The Balaban J connectivity index is 1.83. The fraction of sp³-hybridized carbons (Fsp3) is 0.105. The summed E-state index contributed by atoms with van der Waals surface area (Å²) in [5, 5.41) is 3.40. The van der Waals surface area contributed by atoms with E-state index < -0.39 is 0 Å². The molecule has 0 aliphatic carbocycles. The second-order valence-electron chi connectivity index (χ2n) is 5.57. The summed E-state index contributed by atoms with van der Waals surface area (Å²) in [5.74, 6) is 0.324. The number of carbonyl (C=O) groups is 1. The van der Waals surface area contributed by atoms with Crippen LogP contribution in [0.4, 0.5) is 17.2 Å². The van der Waals surface area contributed by atoms with Gasteiger partial charge in [-0.25, -0.2) is 9.97 Å². The van der Waals surface area contributed by atoms with Gasteiger partial charge in [0.1, 0.15) is 17.8 Å². The summed E-state index contributed by atoms with van der Waals surface area (Å²) in [4.78, 5) is 22.7. The molecule has 0 aliphatic rings. The van der Waals surface area contributed by atoms with Crippen LogP contribution in [0.5, 0.6) is 0 Å². The average Bonchev–Trinajstić information content (AvgIpc) is 2.65. The van der Waals surface area contributed by atoms with Gasteiger partial charge in [0.2, 0.25) is 0 Å². The van der Waals surface area contributed by atoms with E-state index in [1.165, 1.54) is 6.33 Å². The van der Waals surface area contributed by atoms with Crippen molar-refractivity contribution in [1.82, 2.24) is 9.97 Å². The van der Waals surface area contributed by atoms with Crippen LogP contribution in [0.1, 0.15) is 16.1 Å². The number of hydrogen-bond acceptors (Lipinski definition) is 4. The molecular formula is C19H17ClN4O. The molecule has 0 fully saturated rings. The number of hydrogen-bond donors (Lipinski definition) is 1. The molecule has 0 saturated heterocycles. The Morgan fingerprint density at radius 3 is 2.60 bits per heavy atom. The van der Waals surface area contributed by atoms with Crippen LogP contribution in [0.15, 0.2) is 60.9 Å². The van der Waals surface area contributed by atoms with Gasteiger partial charge in [-0.2, -0.15) is 0 Å². The van der Waals surface area contributed by atoms with Gasteiger partial charge in [-0.1, -0.05) is 35.9 Å². The summed E-state index contributed by atoms with van der Waals surface area (Å²) in [5.41, 5.74) is 2.84. The summed E-state index contributed by atoms with van der Waals surface area (Å²) in [6, 6.07) is 16.8. The van der Waals surface area contributed by atoms with Gasteiger partial charge in [-0.05, 0) is 36.8 Å². The zero-order chi connectivity index (χ0) is 17.8. The molecular weight excluding hydrogens is 336 g/mol. The highest BCUT2D eigenvalue weighted by molar-refractivity contribution is 6.31. The van der Waals surface area contributed by atoms with E-state index in [1.807, 2.05) is 55.3 Å². The van der Waals surface area contributed by atoms with Crippen molar-refractivity contribution in [2.24, 2.45) is 0 Å². The molecule has 3 aromatic rings. The summed E-state index contributed by atoms with van der Waals surface area (Å²) in [6.07, 6.45) is 1.38. The Hall–Kier alpha value is -2.92. The standard InChI is InChI=1S/C19H17ClN4O/c1-13-8-9-14(20)10-16(13)23-19(25)17-11-18(22-12-21-17)24(2)15-6-4-3-5-7-15/h3-12H,1-2H3,(H,23,25). The molecule has 2 aromatic carbocycles. The zero-order valence-electron chi connectivity index (χ0n) is 13.9. The molecule has 126 valence electrons. The van der Waals surface area contributed by atoms with E-state index >= 15 is 0 Å². The molecule has 0 saturated carbocycles. The largest absolute Gasteiger partial charge is 0.329 e. The molecule has 0 radical (unpaired) electrons. The molecule has 1 N–H and O–H groups in total.